The molecule has 3 amide bonds. The molecule has 2 aromatic heterocycles. The zero-order chi connectivity index (χ0) is 21.3. The van der Waals surface area contributed by atoms with Gasteiger partial charge in [-0.1, -0.05) is 6.07 Å². The number of carbonyl (C=O) groups excluding carboxylic acids is 3. The third-order valence-electron chi connectivity index (χ3n) is 4.90. The van der Waals surface area contributed by atoms with Crippen molar-refractivity contribution >= 4 is 39.2 Å². The minimum atomic E-state index is -3.03. The number of carbonyl (C=O) groups is 3. The summed E-state index contributed by atoms with van der Waals surface area (Å²) in [6, 6.07) is 4.76. The fourth-order valence-corrected chi connectivity index (χ4v) is 4.31. The Hall–Kier alpha value is -3.06. The second-order valence-electron chi connectivity index (χ2n) is 7.31. The third-order valence-corrected chi connectivity index (χ3v) is 6.50. The number of aromatic nitrogens is 3. The fourth-order valence-electron chi connectivity index (χ4n) is 3.03. The lowest BCUT2D eigenvalue weighted by Gasteiger charge is -2.25. The molecule has 13 heteroatoms. The molecule has 2 fully saturated rings. The Morgan fingerprint density at radius 3 is 2.53 bits per heavy atom. The van der Waals surface area contributed by atoms with E-state index in [2.05, 4.69) is 26.3 Å². The number of hydrogen-bond acceptors (Lipinski definition) is 8. The van der Waals surface area contributed by atoms with Crippen molar-refractivity contribution < 1.29 is 22.8 Å². The molecule has 1 saturated heterocycles. The molecule has 0 bridgehead atoms. The first-order chi connectivity index (χ1) is 14.3. The number of fused-ring (bicyclic) bond motifs is 1. The zero-order valence-corrected chi connectivity index (χ0v) is 16.8. The van der Waals surface area contributed by atoms with Crippen LogP contribution in [-0.4, -0.2) is 76.8 Å². The Labute approximate surface area is 171 Å². The number of hydrazine groups is 1. The summed E-state index contributed by atoms with van der Waals surface area (Å²) in [7, 11) is -3.03. The molecular weight excluding hydrogens is 414 g/mol. The van der Waals surface area contributed by atoms with Crippen LogP contribution in [0.3, 0.4) is 0 Å². The molecular formula is C17H21N7O5S. The van der Waals surface area contributed by atoms with Crippen molar-refractivity contribution in [1.82, 2.24) is 30.3 Å². The Morgan fingerprint density at radius 2 is 1.83 bits per heavy atom. The first kappa shape index (κ1) is 20.2. The molecule has 1 aliphatic heterocycles. The van der Waals surface area contributed by atoms with Crippen molar-refractivity contribution in [3.05, 3.63) is 23.9 Å². The summed E-state index contributed by atoms with van der Waals surface area (Å²) in [5, 5.41) is 6.78. The van der Waals surface area contributed by atoms with Crippen molar-refractivity contribution in [1.29, 1.82) is 0 Å². The molecule has 30 heavy (non-hydrogen) atoms. The summed E-state index contributed by atoms with van der Waals surface area (Å²) in [5.74, 6) is -1.09. The highest BCUT2D eigenvalue weighted by molar-refractivity contribution is 7.91. The molecule has 1 saturated carbocycles. The topological polar surface area (TPSA) is 155 Å². The predicted octanol–water partition coefficient (Wildman–Crippen LogP) is -1.43. The van der Waals surface area contributed by atoms with E-state index >= 15 is 0 Å². The second kappa shape index (κ2) is 7.99. The van der Waals surface area contributed by atoms with Crippen LogP contribution in [0.2, 0.25) is 0 Å². The number of sulfone groups is 1. The smallest absolute Gasteiger partial charge is 0.288 e. The largest absolute Gasteiger partial charge is 0.293 e. The summed E-state index contributed by atoms with van der Waals surface area (Å²) in [4.78, 5) is 42.3. The molecule has 0 spiro atoms. The minimum Gasteiger partial charge on any atom is -0.293 e. The molecule has 1 aliphatic carbocycles. The Balaban J connectivity index is 1.35. The van der Waals surface area contributed by atoms with Gasteiger partial charge in [0.2, 0.25) is 11.9 Å². The SMILES string of the molecule is O=C(CN1CCS(=O)(=O)CC1)NNC(=O)c1cccc2nc(NC(=O)C3CC3)nn12. The van der Waals surface area contributed by atoms with E-state index in [0.29, 0.717) is 5.65 Å². The molecule has 0 unspecified atom stereocenters. The molecule has 12 nitrogen and oxygen atoms in total. The molecule has 0 atom stereocenters. The van der Waals surface area contributed by atoms with Gasteiger partial charge >= 0.3 is 0 Å². The lowest BCUT2D eigenvalue weighted by Crippen LogP contribution is -2.49. The van der Waals surface area contributed by atoms with Gasteiger partial charge in [0.15, 0.2) is 15.5 Å². The van der Waals surface area contributed by atoms with E-state index in [0.717, 1.165) is 12.8 Å². The van der Waals surface area contributed by atoms with Crippen molar-refractivity contribution in [2.75, 3.05) is 36.5 Å². The van der Waals surface area contributed by atoms with Crippen LogP contribution in [-0.2, 0) is 19.4 Å². The Bertz CT molecular complexity index is 1090. The number of amides is 3. The van der Waals surface area contributed by atoms with Crippen molar-refractivity contribution in [2.45, 2.75) is 12.8 Å². The van der Waals surface area contributed by atoms with E-state index in [-0.39, 0.29) is 54.6 Å². The van der Waals surface area contributed by atoms with Gasteiger partial charge in [-0.15, -0.1) is 5.10 Å². The third kappa shape index (κ3) is 4.74. The van der Waals surface area contributed by atoms with Gasteiger partial charge in [0.25, 0.3) is 11.8 Å². The van der Waals surface area contributed by atoms with Gasteiger partial charge in [0.1, 0.15) is 5.69 Å². The number of anilines is 1. The molecule has 2 aliphatic rings. The maximum absolute atomic E-state index is 12.5. The summed E-state index contributed by atoms with van der Waals surface area (Å²) < 4.78 is 24.2. The first-order valence-electron chi connectivity index (χ1n) is 9.49. The van der Waals surface area contributed by atoms with Gasteiger partial charge in [-0.2, -0.15) is 4.98 Å². The second-order valence-corrected chi connectivity index (χ2v) is 9.61. The molecule has 3 N–H and O–H groups in total. The molecule has 4 rings (SSSR count). The molecule has 2 aromatic rings. The highest BCUT2D eigenvalue weighted by Crippen LogP contribution is 2.29. The first-order valence-corrected chi connectivity index (χ1v) is 11.3. The average molecular weight is 435 g/mol. The summed E-state index contributed by atoms with van der Waals surface area (Å²) in [6.45, 7) is 0.523. The molecule has 0 aromatic carbocycles. The monoisotopic (exact) mass is 435 g/mol. The maximum Gasteiger partial charge on any atom is 0.288 e. The summed E-state index contributed by atoms with van der Waals surface area (Å²) >= 11 is 0. The quantitative estimate of drug-likeness (QED) is 0.483. The Morgan fingerprint density at radius 1 is 1.10 bits per heavy atom. The number of nitrogens with one attached hydrogen (secondary N) is 3. The standard InChI is InChI=1S/C17H21N7O5S/c25-14(10-23-6-8-30(28,29)9-7-23)20-21-16(27)12-2-1-3-13-18-17(22-24(12)13)19-15(26)11-4-5-11/h1-3,11H,4-10H2,(H,20,25)(H,21,27)(H,19,22,26). The zero-order valence-electron chi connectivity index (χ0n) is 16.0. The lowest BCUT2D eigenvalue weighted by atomic mass is 10.3. The molecule has 3 heterocycles. The van der Waals surface area contributed by atoms with Gasteiger partial charge in [0.05, 0.1) is 18.1 Å². The van der Waals surface area contributed by atoms with Crippen LogP contribution >= 0.6 is 0 Å². The van der Waals surface area contributed by atoms with Crippen molar-refractivity contribution in [3.63, 3.8) is 0 Å². The highest BCUT2D eigenvalue weighted by atomic mass is 32.2. The van der Waals surface area contributed by atoms with Crippen LogP contribution < -0.4 is 16.2 Å². The highest BCUT2D eigenvalue weighted by Gasteiger charge is 2.30. The van der Waals surface area contributed by atoms with Crippen LogP contribution in [0.25, 0.3) is 5.65 Å². The fraction of sp³-hybridized carbons (Fsp3) is 0.471. The number of rotatable bonds is 5. The van der Waals surface area contributed by atoms with Gasteiger partial charge in [0, 0.05) is 19.0 Å². The van der Waals surface area contributed by atoms with Crippen LogP contribution in [0.4, 0.5) is 5.95 Å². The van der Waals surface area contributed by atoms with E-state index in [4.69, 9.17) is 0 Å². The van der Waals surface area contributed by atoms with Crippen LogP contribution in [0.15, 0.2) is 18.2 Å². The Kier molecular flexibility index (Phi) is 5.39. The minimum absolute atomic E-state index is 0.00499. The lowest BCUT2D eigenvalue weighted by molar-refractivity contribution is -0.123. The van der Waals surface area contributed by atoms with Gasteiger partial charge in [-0.3, -0.25) is 35.5 Å². The van der Waals surface area contributed by atoms with Crippen molar-refractivity contribution in [3.8, 4) is 0 Å². The molecule has 0 radical (unpaired) electrons. The van der Waals surface area contributed by atoms with E-state index in [1.807, 2.05) is 0 Å². The van der Waals surface area contributed by atoms with Gasteiger partial charge < -0.3 is 0 Å². The van der Waals surface area contributed by atoms with E-state index < -0.39 is 21.7 Å². The number of pyridine rings is 1. The van der Waals surface area contributed by atoms with Crippen molar-refractivity contribution in [2.24, 2.45) is 5.92 Å². The van der Waals surface area contributed by atoms with Crippen LogP contribution in [0.1, 0.15) is 23.3 Å². The van der Waals surface area contributed by atoms with Crippen LogP contribution in [0.5, 0.6) is 0 Å². The van der Waals surface area contributed by atoms with E-state index in [9.17, 15) is 22.8 Å². The van der Waals surface area contributed by atoms with Gasteiger partial charge in [-0.05, 0) is 25.0 Å². The van der Waals surface area contributed by atoms with Gasteiger partial charge in [-0.25, -0.2) is 12.9 Å². The normalized spacial score (nSPS) is 18.7. The predicted molar refractivity (Wildman–Crippen MR) is 105 cm³/mol. The summed E-state index contributed by atoms with van der Waals surface area (Å²) in [5.41, 5.74) is 5.12. The maximum atomic E-state index is 12.5. The summed E-state index contributed by atoms with van der Waals surface area (Å²) in [6.07, 6.45) is 1.69. The van der Waals surface area contributed by atoms with Crippen LogP contribution in [0, 0.1) is 5.92 Å². The van der Waals surface area contributed by atoms with E-state index in [1.54, 1.807) is 17.0 Å². The number of nitrogens with zero attached hydrogens (tertiary/aromatic N) is 4. The van der Waals surface area contributed by atoms with E-state index in [1.165, 1.54) is 10.6 Å². The number of hydrogen-bond donors (Lipinski definition) is 3. The average Bonchev–Trinajstić information content (AvgIpc) is 3.47. The molecule has 160 valence electrons.